The van der Waals surface area contributed by atoms with Crippen molar-refractivity contribution in [2.24, 2.45) is 0 Å². The van der Waals surface area contributed by atoms with Gasteiger partial charge in [0.25, 0.3) is 0 Å². The van der Waals surface area contributed by atoms with Crippen molar-refractivity contribution in [2.75, 3.05) is 6.61 Å². The predicted molar refractivity (Wildman–Crippen MR) is 21.3 cm³/mol. The second kappa shape index (κ2) is 8.24. The van der Waals surface area contributed by atoms with E-state index in [-0.39, 0.29) is 71.2 Å². The zero-order valence-corrected chi connectivity index (χ0v) is 9.80. The van der Waals surface area contributed by atoms with Crippen molar-refractivity contribution in [2.45, 2.75) is 12.8 Å². The number of carboxylic acid groups (broad SMARTS) is 1. The summed E-state index contributed by atoms with van der Waals surface area (Å²) in [6.45, 7) is -0.0754. The fourth-order valence-electron chi connectivity index (χ4n) is 0.223. The second-order valence-electron chi connectivity index (χ2n) is 1.20. The molecule has 0 saturated carbocycles. The van der Waals surface area contributed by atoms with Crippen LogP contribution in [0.5, 0.6) is 0 Å². The van der Waals surface area contributed by atoms with Crippen molar-refractivity contribution in [3.63, 3.8) is 0 Å². The number of hydrogen-bond donors (Lipinski definition) is 1. The van der Waals surface area contributed by atoms with E-state index in [2.05, 4.69) is 0 Å². The summed E-state index contributed by atoms with van der Waals surface area (Å²) in [6, 6.07) is 0. The standard InChI is InChI=1S/C4H8O3.Rb/c5-3-1-2-4(6)7;/h5H,1-3H2,(H,6,7);/q;+1/p-1. The van der Waals surface area contributed by atoms with Crippen LogP contribution in [0.1, 0.15) is 12.8 Å². The Morgan fingerprint density at radius 1 is 1.62 bits per heavy atom. The molecule has 3 nitrogen and oxygen atoms in total. The van der Waals surface area contributed by atoms with Crippen LogP contribution in [0.3, 0.4) is 0 Å². The van der Waals surface area contributed by atoms with E-state index in [0.29, 0.717) is 6.42 Å². The molecule has 1 N–H and O–H groups in total. The third-order valence-electron chi connectivity index (χ3n) is 0.539. The number of carbonyl (C=O) groups excluding carboxylic acids is 1. The van der Waals surface area contributed by atoms with Crippen molar-refractivity contribution < 1.29 is 73.2 Å². The molecule has 0 rings (SSSR count). The third kappa shape index (κ3) is 10.3. The average molecular weight is 189 g/mol. The fourth-order valence-corrected chi connectivity index (χ4v) is 0.223. The molecule has 0 heterocycles. The number of hydrogen-bond acceptors (Lipinski definition) is 3. The Morgan fingerprint density at radius 3 is 2.25 bits per heavy atom. The monoisotopic (exact) mass is 188 g/mol. The van der Waals surface area contributed by atoms with Gasteiger partial charge in [0.05, 0.1) is 0 Å². The van der Waals surface area contributed by atoms with Gasteiger partial charge >= 0.3 is 58.2 Å². The minimum atomic E-state index is -1.10. The Hall–Kier alpha value is 1.24. The summed E-state index contributed by atoms with van der Waals surface area (Å²) < 4.78 is 0. The zero-order valence-electron chi connectivity index (χ0n) is 4.89. The van der Waals surface area contributed by atoms with Crippen molar-refractivity contribution in [1.82, 2.24) is 0 Å². The first kappa shape index (κ1) is 12.0. The van der Waals surface area contributed by atoms with Crippen molar-refractivity contribution in [1.29, 1.82) is 0 Å². The van der Waals surface area contributed by atoms with Gasteiger partial charge < -0.3 is 15.0 Å². The van der Waals surface area contributed by atoms with E-state index in [1.807, 2.05) is 0 Å². The Kier molecular flexibility index (Phi) is 12.3. The van der Waals surface area contributed by atoms with Crippen LogP contribution in [0.15, 0.2) is 0 Å². The van der Waals surface area contributed by atoms with Crippen molar-refractivity contribution in [3.05, 3.63) is 0 Å². The quantitative estimate of drug-likeness (QED) is 0.486. The fraction of sp³-hybridized carbons (Fsp3) is 0.750. The number of carbonyl (C=O) groups is 1. The van der Waals surface area contributed by atoms with Crippen LogP contribution in [0.25, 0.3) is 0 Å². The molecule has 0 aromatic heterocycles. The van der Waals surface area contributed by atoms with Gasteiger partial charge in [0.15, 0.2) is 0 Å². The average Bonchev–Trinajstić information content (AvgIpc) is 1.61. The summed E-state index contributed by atoms with van der Waals surface area (Å²) in [5.41, 5.74) is 0. The molecule has 0 aliphatic carbocycles. The smallest absolute Gasteiger partial charge is 0.550 e. The second-order valence-corrected chi connectivity index (χ2v) is 1.20. The number of carboxylic acids is 1. The molecule has 0 bridgehead atoms. The first-order chi connectivity index (χ1) is 3.27. The molecule has 0 aromatic carbocycles. The molecular formula is C4H7O3Rb. The molecule has 0 aliphatic heterocycles. The number of aliphatic hydroxyl groups is 1. The van der Waals surface area contributed by atoms with E-state index in [0.717, 1.165) is 0 Å². The third-order valence-corrected chi connectivity index (χ3v) is 0.539. The molecule has 0 aromatic rings. The minimum Gasteiger partial charge on any atom is -0.550 e. The van der Waals surface area contributed by atoms with E-state index in [1.165, 1.54) is 0 Å². The predicted octanol–water partition coefficient (Wildman–Crippen LogP) is -4.49. The van der Waals surface area contributed by atoms with Crippen LogP contribution >= 0.6 is 0 Å². The summed E-state index contributed by atoms with van der Waals surface area (Å²) in [6.07, 6.45) is 0.249. The van der Waals surface area contributed by atoms with Crippen LogP contribution in [0.4, 0.5) is 0 Å². The van der Waals surface area contributed by atoms with Crippen LogP contribution < -0.4 is 63.3 Å². The van der Waals surface area contributed by atoms with Gasteiger partial charge in [0.2, 0.25) is 0 Å². The van der Waals surface area contributed by atoms with Gasteiger partial charge in [-0.2, -0.15) is 0 Å². The Balaban J connectivity index is 0. The van der Waals surface area contributed by atoms with Crippen LogP contribution in [0, 0.1) is 0 Å². The zero-order chi connectivity index (χ0) is 5.70. The van der Waals surface area contributed by atoms with Gasteiger partial charge in [-0.05, 0) is 12.8 Å². The van der Waals surface area contributed by atoms with Gasteiger partial charge in [-0.3, -0.25) is 0 Å². The topological polar surface area (TPSA) is 60.4 Å². The minimum absolute atomic E-state index is 0. The van der Waals surface area contributed by atoms with E-state index < -0.39 is 5.97 Å². The molecule has 0 radical (unpaired) electrons. The van der Waals surface area contributed by atoms with E-state index in [9.17, 15) is 9.90 Å². The SMILES string of the molecule is O=C([O-])CCCO.[Rb+]. The molecule has 0 atom stereocenters. The number of rotatable bonds is 3. The maximum Gasteiger partial charge on any atom is 1.00 e. The molecular weight excluding hydrogens is 182 g/mol. The molecule has 0 unspecified atom stereocenters. The van der Waals surface area contributed by atoms with Crippen LogP contribution in [-0.4, -0.2) is 17.7 Å². The van der Waals surface area contributed by atoms with Gasteiger partial charge in [-0.25, -0.2) is 0 Å². The Labute approximate surface area is 96.9 Å². The van der Waals surface area contributed by atoms with E-state index in [1.54, 1.807) is 0 Å². The first-order valence-corrected chi connectivity index (χ1v) is 2.08. The molecule has 0 aliphatic rings. The Bertz CT molecular complexity index is 64.3. The molecule has 0 amide bonds. The van der Waals surface area contributed by atoms with Gasteiger partial charge in [0, 0.05) is 12.6 Å². The largest absolute Gasteiger partial charge is 1.00 e. The summed E-state index contributed by atoms with van der Waals surface area (Å²) in [7, 11) is 0. The molecule has 42 valence electrons. The summed E-state index contributed by atoms with van der Waals surface area (Å²) >= 11 is 0. The summed E-state index contributed by atoms with van der Waals surface area (Å²) in [4.78, 5) is 9.54. The Morgan fingerprint density at radius 2 is 2.12 bits per heavy atom. The molecule has 0 fully saturated rings. The maximum absolute atomic E-state index is 9.54. The molecule has 0 spiro atoms. The summed E-state index contributed by atoms with van der Waals surface area (Å²) in [5, 5.41) is 17.6. The van der Waals surface area contributed by atoms with Crippen LogP contribution in [0.2, 0.25) is 0 Å². The summed E-state index contributed by atoms with van der Waals surface area (Å²) in [5.74, 6) is -1.10. The number of aliphatic hydroxyl groups excluding tert-OH is 1. The van der Waals surface area contributed by atoms with Crippen molar-refractivity contribution in [3.8, 4) is 0 Å². The van der Waals surface area contributed by atoms with Crippen molar-refractivity contribution >= 4 is 5.97 Å². The molecule has 4 heteroatoms. The molecule has 0 saturated heterocycles. The van der Waals surface area contributed by atoms with Gasteiger partial charge in [-0.15, -0.1) is 0 Å². The molecule has 8 heavy (non-hydrogen) atoms. The van der Waals surface area contributed by atoms with Crippen LogP contribution in [-0.2, 0) is 4.79 Å². The first-order valence-electron chi connectivity index (χ1n) is 2.08. The van der Waals surface area contributed by atoms with Gasteiger partial charge in [0.1, 0.15) is 0 Å². The van der Waals surface area contributed by atoms with E-state index in [4.69, 9.17) is 5.11 Å². The maximum atomic E-state index is 9.54. The van der Waals surface area contributed by atoms with E-state index >= 15 is 0 Å². The number of aliphatic carboxylic acids is 1. The normalized spacial score (nSPS) is 7.62. The van der Waals surface area contributed by atoms with Gasteiger partial charge in [-0.1, -0.05) is 0 Å².